The van der Waals surface area contributed by atoms with E-state index in [4.69, 9.17) is 9.52 Å². The predicted octanol–water partition coefficient (Wildman–Crippen LogP) is 2.53. The van der Waals surface area contributed by atoms with Gasteiger partial charge in [-0.2, -0.15) is 5.10 Å². The molecule has 20 heavy (non-hydrogen) atoms. The van der Waals surface area contributed by atoms with E-state index >= 15 is 0 Å². The van der Waals surface area contributed by atoms with Gasteiger partial charge in [0, 0.05) is 6.07 Å². The van der Waals surface area contributed by atoms with E-state index in [1.807, 2.05) is 0 Å². The van der Waals surface area contributed by atoms with Crippen LogP contribution in [0, 0.1) is 0 Å². The molecule has 0 atom stereocenters. The third-order valence-corrected chi connectivity index (χ3v) is 3.35. The molecule has 3 aromatic rings. The van der Waals surface area contributed by atoms with Crippen LogP contribution in [0.4, 0.5) is 10.6 Å². The second kappa shape index (κ2) is 4.70. The molecule has 3 rings (SSSR count). The second-order valence-electron chi connectivity index (χ2n) is 3.72. The Kier molecular flexibility index (Phi) is 2.88. The fourth-order valence-electron chi connectivity index (χ4n) is 1.60. The molecule has 3 N–H and O–H groups in total. The maximum absolute atomic E-state index is 11.9. The molecule has 9 heteroatoms. The summed E-state index contributed by atoms with van der Waals surface area (Å²) in [6.45, 7) is 0. The van der Waals surface area contributed by atoms with Gasteiger partial charge in [0.05, 0.1) is 17.2 Å². The number of amides is 1. The van der Waals surface area contributed by atoms with Gasteiger partial charge in [-0.3, -0.25) is 9.89 Å². The zero-order chi connectivity index (χ0) is 14.1. The van der Waals surface area contributed by atoms with Crippen LogP contribution < -0.4 is 10.1 Å². The van der Waals surface area contributed by atoms with E-state index in [1.54, 1.807) is 0 Å². The topological polar surface area (TPSA) is 117 Å². The smallest absolute Gasteiger partial charge is 0.472 e. The van der Waals surface area contributed by atoms with Crippen LogP contribution in [0.15, 0.2) is 29.1 Å². The molecule has 0 fully saturated rings. The van der Waals surface area contributed by atoms with E-state index in [0.717, 1.165) is 11.3 Å². The number of aromatic amines is 1. The summed E-state index contributed by atoms with van der Waals surface area (Å²) in [4.78, 5) is 22.9. The molecule has 0 aliphatic carbocycles. The van der Waals surface area contributed by atoms with Gasteiger partial charge in [0.1, 0.15) is 12.1 Å². The number of fused-ring (bicyclic) bond motifs is 1. The van der Waals surface area contributed by atoms with Gasteiger partial charge in [0.2, 0.25) is 0 Å². The van der Waals surface area contributed by atoms with Crippen molar-refractivity contribution in [3.63, 3.8) is 0 Å². The highest BCUT2D eigenvalue weighted by Crippen LogP contribution is 2.34. The van der Waals surface area contributed by atoms with Crippen molar-refractivity contribution in [2.45, 2.75) is 0 Å². The Balaban J connectivity index is 1.86. The first-order valence-corrected chi connectivity index (χ1v) is 6.17. The number of thiophene rings is 1. The van der Waals surface area contributed by atoms with Crippen molar-refractivity contribution in [2.24, 2.45) is 0 Å². The molecule has 0 bridgehead atoms. The number of carboxylic acid groups (broad SMARTS) is 1. The first-order valence-electron chi connectivity index (χ1n) is 5.36. The summed E-state index contributed by atoms with van der Waals surface area (Å²) < 4.78 is 9.36. The highest BCUT2D eigenvalue weighted by atomic mass is 32.1. The van der Waals surface area contributed by atoms with E-state index in [-0.39, 0.29) is 11.0 Å². The van der Waals surface area contributed by atoms with Crippen molar-refractivity contribution >= 4 is 39.4 Å². The highest BCUT2D eigenvalue weighted by Gasteiger charge is 2.15. The van der Waals surface area contributed by atoms with Gasteiger partial charge in [0.25, 0.3) is 5.91 Å². The number of ether oxygens (including phenoxy) is 1. The number of H-pyrrole nitrogens is 1. The van der Waals surface area contributed by atoms with Crippen LogP contribution in [0.1, 0.15) is 10.4 Å². The van der Waals surface area contributed by atoms with Crippen LogP contribution in [0.5, 0.6) is 5.06 Å². The number of hydrogen-bond donors (Lipinski definition) is 3. The lowest BCUT2D eigenvalue weighted by molar-refractivity contribution is 0.102. The molecule has 0 aromatic carbocycles. The fourth-order valence-corrected chi connectivity index (χ4v) is 2.44. The summed E-state index contributed by atoms with van der Waals surface area (Å²) in [5.74, 6) is -0.00103. The molecule has 3 heterocycles. The Hall–Kier alpha value is -2.81. The van der Waals surface area contributed by atoms with E-state index < -0.39 is 6.16 Å². The lowest BCUT2D eigenvalue weighted by Crippen LogP contribution is -2.11. The summed E-state index contributed by atoms with van der Waals surface area (Å²) in [6.07, 6.45) is 1.30. The lowest BCUT2D eigenvalue weighted by atomic mass is 10.3. The van der Waals surface area contributed by atoms with Crippen molar-refractivity contribution in [1.82, 2.24) is 10.2 Å². The molecule has 102 valence electrons. The van der Waals surface area contributed by atoms with E-state index in [9.17, 15) is 9.59 Å². The average molecular weight is 293 g/mol. The number of aromatic nitrogens is 2. The molecule has 0 saturated heterocycles. The normalized spacial score (nSPS) is 10.6. The van der Waals surface area contributed by atoms with Crippen LogP contribution in [-0.4, -0.2) is 27.4 Å². The van der Waals surface area contributed by atoms with Gasteiger partial charge >= 0.3 is 6.16 Å². The van der Waals surface area contributed by atoms with Crippen LogP contribution in [0.3, 0.4) is 0 Å². The van der Waals surface area contributed by atoms with E-state index in [0.29, 0.717) is 21.6 Å². The minimum Gasteiger partial charge on any atom is -0.472 e. The molecule has 3 aromatic heterocycles. The van der Waals surface area contributed by atoms with Gasteiger partial charge in [-0.15, -0.1) is 0 Å². The number of anilines is 1. The summed E-state index contributed by atoms with van der Waals surface area (Å²) in [6, 6.07) is 3.01. The largest absolute Gasteiger partial charge is 0.512 e. The molecule has 0 unspecified atom stereocenters. The molecule has 0 aliphatic heterocycles. The SMILES string of the molecule is O=C(O)Oc1cc2c(NC(=O)c3ccoc3)[nH]nc2s1. The Morgan fingerprint density at radius 1 is 1.50 bits per heavy atom. The zero-order valence-electron chi connectivity index (χ0n) is 9.75. The summed E-state index contributed by atoms with van der Waals surface area (Å²) >= 11 is 1.06. The Bertz CT molecular complexity index is 773. The minimum atomic E-state index is -1.40. The van der Waals surface area contributed by atoms with Crippen molar-refractivity contribution in [2.75, 3.05) is 5.32 Å². The van der Waals surface area contributed by atoms with Crippen LogP contribution in [0.25, 0.3) is 10.2 Å². The third kappa shape index (κ3) is 2.21. The zero-order valence-corrected chi connectivity index (χ0v) is 10.6. The molecular weight excluding hydrogens is 286 g/mol. The Morgan fingerprint density at radius 3 is 3.05 bits per heavy atom. The third-order valence-electron chi connectivity index (χ3n) is 2.44. The fraction of sp³-hybridized carbons (Fsp3) is 0. The standard InChI is InChI=1S/C11H7N3O5S/c15-9(5-1-2-18-4-5)12-8-6-3-7(19-11(16)17)20-10(6)14-13-8/h1-4H,(H,16,17)(H2,12,13,14,15). The van der Waals surface area contributed by atoms with Gasteiger partial charge in [-0.25, -0.2) is 4.79 Å². The maximum atomic E-state index is 11.9. The number of rotatable bonds is 3. The molecular formula is C11H7N3O5S. The van der Waals surface area contributed by atoms with Gasteiger partial charge in [0.15, 0.2) is 9.89 Å². The molecule has 0 saturated carbocycles. The molecule has 0 spiro atoms. The van der Waals surface area contributed by atoms with Crippen molar-refractivity contribution in [3.05, 3.63) is 30.2 Å². The highest BCUT2D eigenvalue weighted by molar-refractivity contribution is 7.20. The second-order valence-corrected chi connectivity index (χ2v) is 4.71. The number of furan rings is 1. The van der Waals surface area contributed by atoms with E-state index in [1.165, 1.54) is 24.7 Å². The molecule has 0 aliphatic rings. The first kappa shape index (κ1) is 12.2. The summed E-state index contributed by atoms with van der Waals surface area (Å²) in [5, 5.41) is 18.5. The molecule has 1 amide bonds. The first-order chi connectivity index (χ1) is 9.63. The minimum absolute atomic E-state index is 0.183. The summed E-state index contributed by atoms with van der Waals surface area (Å²) in [5.41, 5.74) is 0.366. The average Bonchev–Trinajstić information content (AvgIpc) is 3.06. The Morgan fingerprint density at radius 2 is 2.35 bits per heavy atom. The van der Waals surface area contributed by atoms with E-state index in [2.05, 4.69) is 20.3 Å². The summed E-state index contributed by atoms with van der Waals surface area (Å²) in [7, 11) is 0. The van der Waals surface area contributed by atoms with Crippen molar-refractivity contribution < 1.29 is 23.8 Å². The number of carbonyl (C=O) groups excluding carboxylic acids is 1. The van der Waals surface area contributed by atoms with Crippen LogP contribution in [0.2, 0.25) is 0 Å². The number of hydrogen-bond acceptors (Lipinski definition) is 6. The van der Waals surface area contributed by atoms with Gasteiger partial charge in [-0.05, 0) is 6.07 Å². The maximum Gasteiger partial charge on any atom is 0.512 e. The number of carbonyl (C=O) groups is 2. The predicted molar refractivity (Wildman–Crippen MR) is 69.3 cm³/mol. The lowest BCUT2D eigenvalue weighted by Gasteiger charge is -1.99. The van der Waals surface area contributed by atoms with Crippen molar-refractivity contribution in [3.8, 4) is 5.06 Å². The Labute approximate surface area is 115 Å². The number of nitrogens with one attached hydrogen (secondary N) is 2. The quantitative estimate of drug-likeness (QED) is 0.639. The molecule has 8 nitrogen and oxygen atoms in total. The van der Waals surface area contributed by atoms with Gasteiger partial charge in [-0.1, -0.05) is 11.3 Å². The monoisotopic (exact) mass is 293 g/mol. The molecule has 0 radical (unpaired) electrons. The number of nitrogens with zero attached hydrogens (tertiary/aromatic N) is 1. The van der Waals surface area contributed by atoms with Crippen molar-refractivity contribution in [1.29, 1.82) is 0 Å². The van der Waals surface area contributed by atoms with Crippen LogP contribution in [-0.2, 0) is 0 Å². The van der Waals surface area contributed by atoms with Gasteiger partial charge < -0.3 is 19.6 Å². The van der Waals surface area contributed by atoms with Crippen LogP contribution >= 0.6 is 11.3 Å².